The molecule has 0 aliphatic rings. The summed E-state index contributed by atoms with van der Waals surface area (Å²) in [4.78, 5) is 20.4. The second kappa shape index (κ2) is 8.24. The van der Waals surface area contributed by atoms with Crippen LogP contribution in [-0.2, 0) is 4.74 Å². The van der Waals surface area contributed by atoms with Crippen LogP contribution in [0.5, 0.6) is 0 Å². The molecule has 0 aliphatic carbocycles. The van der Waals surface area contributed by atoms with Crippen molar-refractivity contribution in [2.45, 2.75) is 39.7 Å². The highest BCUT2D eigenvalue weighted by Gasteiger charge is 2.15. The number of amides is 1. The SMILES string of the molecule is Cc1cc(NCCCNC(=O)OC(C)(C)C)n2ncc(-c3ccncc3)c2n1. The van der Waals surface area contributed by atoms with E-state index in [1.165, 1.54) is 0 Å². The maximum Gasteiger partial charge on any atom is 0.407 e. The van der Waals surface area contributed by atoms with Gasteiger partial charge in [-0.05, 0) is 51.8 Å². The van der Waals surface area contributed by atoms with Crippen LogP contribution in [0.2, 0.25) is 0 Å². The fraction of sp³-hybridized carbons (Fsp3) is 0.400. The van der Waals surface area contributed by atoms with Crippen molar-refractivity contribution in [2.24, 2.45) is 0 Å². The normalized spacial score (nSPS) is 11.4. The Morgan fingerprint density at radius 2 is 1.96 bits per heavy atom. The van der Waals surface area contributed by atoms with Crippen molar-refractivity contribution in [3.63, 3.8) is 0 Å². The quantitative estimate of drug-likeness (QED) is 0.635. The summed E-state index contributed by atoms with van der Waals surface area (Å²) in [5.41, 5.74) is 3.18. The number of pyridine rings is 1. The number of alkyl carbamates (subject to hydrolysis) is 1. The maximum atomic E-state index is 11.7. The van der Waals surface area contributed by atoms with Crippen molar-refractivity contribution in [3.8, 4) is 11.1 Å². The molecule has 0 fully saturated rings. The van der Waals surface area contributed by atoms with E-state index in [9.17, 15) is 4.79 Å². The van der Waals surface area contributed by atoms with Gasteiger partial charge in [-0.25, -0.2) is 9.78 Å². The minimum absolute atomic E-state index is 0.399. The van der Waals surface area contributed by atoms with E-state index in [2.05, 4.69) is 25.7 Å². The first-order valence-electron chi connectivity index (χ1n) is 9.30. The number of nitrogens with one attached hydrogen (secondary N) is 2. The van der Waals surface area contributed by atoms with Gasteiger partial charge < -0.3 is 15.4 Å². The fourth-order valence-electron chi connectivity index (χ4n) is 2.75. The zero-order valence-corrected chi connectivity index (χ0v) is 16.7. The number of carbonyl (C=O) groups is 1. The van der Waals surface area contributed by atoms with Gasteiger partial charge in [0.2, 0.25) is 0 Å². The molecule has 8 heteroatoms. The van der Waals surface area contributed by atoms with Crippen LogP contribution in [0.25, 0.3) is 16.8 Å². The summed E-state index contributed by atoms with van der Waals surface area (Å²) in [6, 6.07) is 5.84. The molecule has 3 aromatic rings. The Bertz CT molecular complexity index is 946. The first kappa shape index (κ1) is 19.6. The zero-order chi connectivity index (χ0) is 20.1. The van der Waals surface area contributed by atoms with E-state index < -0.39 is 11.7 Å². The molecular formula is C20H26N6O2. The molecule has 0 atom stereocenters. The number of carbonyl (C=O) groups excluding carboxylic acids is 1. The standard InChI is InChI=1S/C20H26N6O2/c1-14-12-17(22-8-5-9-23-19(27)28-20(2,3)4)26-18(25-14)16(13-24-26)15-6-10-21-11-7-15/h6-7,10-13,22H,5,8-9H2,1-4H3,(H,23,27). The number of hydrogen-bond donors (Lipinski definition) is 2. The maximum absolute atomic E-state index is 11.7. The van der Waals surface area contributed by atoms with Crippen LogP contribution < -0.4 is 10.6 Å². The third-order valence-electron chi connectivity index (χ3n) is 3.92. The Morgan fingerprint density at radius 1 is 1.21 bits per heavy atom. The van der Waals surface area contributed by atoms with Crippen molar-refractivity contribution in [2.75, 3.05) is 18.4 Å². The predicted octanol–water partition coefficient (Wildman–Crippen LogP) is 3.43. The van der Waals surface area contributed by atoms with Gasteiger partial charge in [0.05, 0.1) is 6.20 Å². The Balaban J connectivity index is 1.63. The number of nitrogens with zero attached hydrogens (tertiary/aromatic N) is 4. The van der Waals surface area contributed by atoms with Crippen LogP contribution in [0.15, 0.2) is 36.8 Å². The largest absolute Gasteiger partial charge is 0.444 e. The third kappa shape index (κ3) is 4.97. The zero-order valence-electron chi connectivity index (χ0n) is 16.7. The molecule has 148 valence electrons. The van der Waals surface area contributed by atoms with Crippen LogP contribution in [-0.4, -0.2) is 44.4 Å². The Labute approximate surface area is 164 Å². The Hall–Kier alpha value is -3.16. The molecule has 2 N–H and O–H groups in total. The summed E-state index contributed by atoms with van der Waals surface area (Å²) < 4.78 is 7.02. The van der Waals surface area contributed by atoms with Crippen LogP contribution in [0.3, 0.4) is 0 Å². The number of rotatable bonds is 6. The van der Waals surface area contributed by atoms with Crippen LogP contribution in [0, 0.1) is 6.92 Å². The van der Waals surface area contributed by atoms with Crippen molar-refractivity contribution >= 4 is 17.6 Å². The summed E-state index contributed by atoms with van der Waals surface area (Å²) in [6.45, 7) is 8.69. The van der Waals surface area contributed by atoms with E-state index in [1.807, 2.05) is 52.1 Å². The van der Waals surface area contributed by atoms with E-state index >= 15 is 0 Å². The van der Waals surface area contributed by atoms with Gasteiger partial charge in [-0.1, -0.05) is 0 Å². The average Bonchev–Trinajstić information content (AvgIpc) is 3.04. The topological polar surface area (TPSA) is 93.4 Å². The van der Waals surface area contributed by atoms with Crippen molar-refractivity contribution < 1.29 is 9.53 Å². The minimum Gasteiger partial charge on any atom is -0.444 e. The first-order chi connectivity index (χ1) is 13.3. The number of aromatic nitrogens is 4. The highest BCUT2D eigenvalue weighted by molar-refractivity contribution is 5.77. The van der Waals surface area contributed by atoms with Gasteiger partial charge in [-0.2, -0.15) is 9.61 Å². The average molecular weight is 382 g/mol. The molecule has 3 heterocycles. The smallest absolute Gasteiger partial charge is 0.407 e. The van der Waals surface area contributed by atoms with Gasteiger partial charge in [0.15, 0.2) is 5.65 Å². The van der Waals surface area contributed by atoms with Gasteiger partial charge >= 0.3 is 6.09 Å². The van der Waals surface area contributed by atoms with Crippen molar-refractivity contribution in [1.82, 2.24) is 24.9 Å². The minimum atomic E-state index is -0.491. The summed E-state index contributed by atoms with van der Waals surface area (Å²) in [5, 5.41) is 10.6. The number of aryl methyl sites for hydroxylation is 1. The van der Waals surface area contributed by atoms with Gasteiger partial charge in [0, 0.05) is 42.8 Å². The molecule has 0 radical (unpaired) electrons. The lowest BCUT2D eigenvalue weighted by molar-refractivity contribution is 0.0528. The first-order valence-corrected chi connectivity index (χ1v) is 9.30. The summed E-state index contributed by atoms with van der Waals surface area (Å²) >= 11 is 0. The van der Waals surface area contributed by atoms with Crippen molar-refractivity contribution in [3.05, 3.63) is 42.5 Å². The summed E-state index contributed by atoms with van der Waals surface area (Å²) in [7, 11) is 0. The predicted molar refractivity (Wildman–Crippen MR) is 108 cm³/mol. The Kier molecular flexibility index (Phi) is 5.77. The lowest BCUT2D eigenvalue weighted by Gasteiger charge is -2.19. The summed E-state index contributed by atoms with van der Waals surface area (Å²) in [6.07, 6.45) is 5.67. The van der Waals surface area contributed by atoms with Gasteiger partial charge in [0.1, 0.15) is 11.4 Å². The second-order valence-corrected chi connectivity index (χ2v) is 7.52. The fourth-order valence-corrected chi connectivity index (χ4v) is 2.75. The molecule has 0 spiro atoms. The Morgan fingerprint density at radius 3 is 2.68 bits per heavy atom. The molecule has 0 aliphatic heterocycles. The lowest BCUT2D eigenvalue weighted by atomic mass is 10.1. The molecule has 3 aromatic heterocycles. The van der Waals surface area contributed by atoms with Crippen LogP contribution in [0.4, 0.5) is 10.6 Å². The van der Waals surface area contributed by atoms with E-state index in [0.29, 0.717) is 13.1 Å². The van der Waals surface area contributed by atoms with Gasteiger partial charge in [0.25, 0.3) is 0 Å². The molecule has 28 heavy (non-hydrogen) atoms. The number of hydrogen-bond acceptors (Lipinski definition) is 6. The molecular weight excluding hydrogens is 356 g/mol. The third-order valence-corrected chi connectivity index (χ3v) is 3.92. The van der Waals surface area contributed by atoms with E-state index in [1.54, 1.807) is 16.9 Å². The molecule has 1 amide bonds. The van der Waals surface area contributed by atoms with E-state index in [-0.39, 0.29) is 0 Å². The monoisotopic (exact) mass is 382 g/mol. The number of ether oxygens (including phenoxy) is 1. The molecule has 0 saturated carbocycles. The molecule has 0 unspecified atom stereocenters. The van der Waals surface area contributed by atoms with Crippen LogP contribution >= 0.6 is 0 Å². The second-order valence-electron chi connectivity index (χ2n) is 7.52. The number of fused-ring (bicyclic) bond motifs is 1. The molecule has 0 aromatic carbocycles. The molecule has 3 rings (SSSR count). The van der Waals surface area contributed by atoms with E-state index in [0.717, 1.165) is 34.7 Å². The van der Waals surface area contributed by atoms with Gasteiger partial charge in [-0.3, -0.25) is 4.98 Å². The van der Waals surface area contributed by atoms with Gasteiger partial charge in [-0.15, -0.1) is 0 Å². The molecule has 0 bridgehead atoms. The summed E-state index contributed by atoms with van der Waals surface area (Å²) in [5.74, 6) is 0.861. The molecule has 0 saturated heterocycles. The highest BCUT2D eigenvalue weighted by Crippen LogP contribution is 2.25. The van der Waals surface area contributed by atoms with Crippen LogP contribution in [0.1, 0.15) is 32.9 Å². The lowest BCUT2D eigenvalue weighted by Crippen LogP contribution is -2.33. The highest BCUT2D eigenvalue weighted by atomic mass is 16.6. The van der Waals surface area contributed by atoms with E-state index in [4.69, 9.17) is 4.74 Å². The number of anilines is 1. The van der Waals surface area contributed by atoms with Crippen molar-refractivity contribution in [1.29, 1.82) is 0 Å². The molecule has 8 nitrogen and oxygen atoms in total.